The van der Waals surface area contributed by atoms with Crippen LogP contribution in [0.4, 0.5) is 0 Å². The highest BCUT2D eigenvalue weighted by atomic mass is 35.5. The third-order valence-corrected chi connectivity index (χ3v) is 1.79. The number of aromatic nitrogens is 3. The normalized spacial score (nSPS) is 10.3. The fourth-order valence-corrected chi connectivity index (χ4v) is 1.08. The summed E-state index contributed by atoms with van der Waals surface area (Å²) in [4.78, 5) is 3.88. The quantitative estimate of drug-likeness (QED) is 0.582. The van der Waals surface area contributed by atoms with Gasteiger partial charge < -0.3 is 4.42 Å². The Labute approximate surface area is 84.4 Å². The molecule has 2 aromatic heterocycles. The van der Waals surface area contributed by atoms with Gasteiger partial charge in [-0.05, 0) is 12.1 Å². The number of pyridine rings is 1. The average molecular weight is 214 g/mol. The summed E-state index contributed by atoms with van der Waals surface area (Å²) in [5.41, 5.74) is 0.720. The molecule has 0 atom stereocenters. The Morgan fingerprint density at radius 3 is 2.69 bits per heavy atom. The molecule has 6 heteroatoms. The topological polar surface area (TPSA) is 51.8 Å². The second kappa shape index (κ2) is 3.35. The van der Waals surface area contributed by atoms with Crippen LogP contribution in [0.3, 0.4) is 0 Å². The molecule has 2 rings (SSSR count). The van der Waals surface area contributed by atoms with Gasteiger partial charge in [-0.15, -0.1) is 10.2 Å². The Bertz CT molecular complexity index is 414. The van der Waals surface area contributed by atoms with Gasteiger partial charge >= 0.3 is 0 Å². The minimum Gasteiger partial charge on any atom is -0.411 e. The first-order valence-electron chi connectivity index (χ1n) is 3.40. The molecule has 0 amide bonds. The highest BCUT2D eigenvalue weighted by molar-refractivity contribution is 7.80. The number of thiol groups is 1. The lowest BCUT2D eigenvalue weighted by atomic mass is 10.3. The standard InChI is InChI=1S/C7H4ClN3OS/c8-5-2-1-4(3-9-5)6-10-11-7(13)12-6/h1-3H,(H,11,13). The molecule has 0 fully saturated rings. The summed E-state index contributed by atoms with van der Waals surface area (Å²) < 4.78 is 5.07. The van der Waals surface area contributed by atoms with Gasteiger partial charge in [-0.25, -0.2) is 4.98 Å². The van der Waals surface area contributed by atoms with E-state index >= 15 is 0 Å². The van der Waals surface area contributed by atoms with E-state index < -0.39 is 0 Å². The summed E-state index contributed by atoms with van der Waals surface area (Å²) >= 11 is 9.50. The summed E-state index contributed by atoms with van der Waals surface area (Å²) in [6.45, 7) is 0. The van der Waals surface area contributed by atoms with E-state index in [1.807, 2.05) is 0 Å². The van der Waals surface area contributed by atoms with E-state index in [1.165, 1.54) is 0 Å². The number of rotatable bonds is 1. The number of hydrogen-bond acceptors (Lipinski definition) is 5. The molecule has 4 nitrogen and oxygen atoms in total. The first kappa shape index (κ1) is 8.52. The predicted molar refractivity (Wildman–Crippen MR) is 49.8 cm³/mol. The van der Waals surface area contributed by atoms with E-state index in [4.69, 9.17) is 16.0 Å². The van der Waals surface area contributed by atoms with E-state index in [9.17, 15) is 0 Å². The first-order chi connectivity index (χ1) is 6.25. The Morgan fingerprint density at radius 2 is 2.15 bits per heavy atom. The molecular weight excluding hydrogens is 210 g/mol. The van der Waals surface area contributed by atoms with Gasteiger partial charge in [0, 0.05) is 6.20 Å². The van der Waals surface area contributed by atoms with Gasteiger partial charge in [0.1, 0.15) is 5.15 Å². The van der Waals surface area contributed by atoms with Crippen LogP contribution in [0.25, 0.3) is 11.5 Å². The maximum Gasteiger partial charge on any atom is 0.273 e. The molecular formula is C7H4ClN3OS. The van der Waals surface area contributed by atoms with Crippen molar-refractivity contribution in [3.05, 3.63) is 23.5 Å². The second-order valence-corrected chi connectivity index (χ2v) is 3.03. The van der Waals surface area contributed by atoms with Crippen LogP contribution in [0.2, 0.25) is 5.15 Å². The Hall–Kier alpha value is -1.07. The van der Waals surface area contributed by atoms with Gasteiger partial charge in [-0.3, -0.25) is 0 Å². The third kappa shape index (κ3) is 1.81. The van der Waals surface area contributed by atoms with Gasteiger partial charge in [0.25, 0.3) is 5.22 Å². The maximum atomic E-state index is 5.61. The predicted octanol–water partition coefficient (Wildman–Crippen LogP) is 2.07. The Balaban J connectivity index is 2.41. The third-order valence-electron chi connectivity index (χ3n) is 1.39. The van der Waals surface area contributed by atoms with Gasteiger partial charge in [-0.2, -0.15) is 0 Å². The van der Waals surface area contributed by atoms with Crippen molar-refractivity contribution in [3.63, 3.8) is 0 Å². The summed E-state index contributed by atoms with van der Waals surface area (Å²) in [6, 6.07) is 3.40. The van der Waals surface area contributed by atoms with Gasteiger partial charge in [0.15, 0.2) is 0 Å². The summed E-state index contributed by atoms with van der Waals surface area (Å²) in [5, 5.41) is 7.99. The smallest absolute Gasteiger partial charge is 0.273 e. The number of hydrogen-bond donors (Lipinski definition) is 1. The van der Waals surface area contributed by atoms with Crippen LogP contribution in [-0.4, -0.2) is 15.2 Å². The van der Waals surface area contributed by atoms with Crippen molar-refractivity contribution in [1.82, 2.24) is 15.2 Å². The van der Waals surface area contributed by atoms with Gasteiger partial charge in [0.05, 0.1) is 5.56 Å². The molecule has 2 heterocycles. The Kier molecular flexibility index (Phi) is 2.20. The van der Waals surface area contributed by atoms with Gasteiger partial charge in [-0.1, -0.05) is 24.2 Å². The SMILES string of the molecule is Sc1nnc(-c2ccc(Cl)nc2)o1. The highest BCUT2D eigenvalue weighted by Gasteiger charge is 2.05. The van der Waals surface area contributed by atoms with Crippen LogP contribution in [0, 0.1) is 0 Å². The fourth-order valence-electron chi connectivity index (χ4n) is 0.834. The van der Waals surface area contributed by atoms with E-state index in [0.29, 0.717) is 11.0 Å². The van der Waals surface area contributed by atoms with Crippen molar-refractivity contribution in [2.45, 2.75) is 5.22 Å². The van der Waals surface area contributed by atoms with Crippen molar-refractivity contribution < 1.29 is 4.42 Å². The lowest BCUT2D eigenvalue weighted by Gasteiger charge is -1.92. The second-order valence-electron chi connectivity index (χ2n) is 2.26. The molecule has 66 valence electrons. The van der Waals surface area contributed by atoms with Crippen molar-refractivity contribution in [2.75, 3.05) is 0 Å². The van der Waals surface area contributed by atoms with Crippen LogP contribution in [0.1, 0.15) is 0 Å². The minimum atomic E-state index is 0.227. The molecule has 0 N–H and O–H groups in total. The lowest BCUT2D eigenvalue weighted by Crippen LogP contribution is -1.79. The molecule has 0 bridgehead atoms. The van der Waals surface area contributed by atoms with Crippen LogP contribution in [0.15, 0.2) is 28.0 Å². The average Bonchev–Trinajstić information content (AvgIpc) is 2.53. The van der Waals surface area contributed by atoms with Crippen molar-refractivity contribution in [2.24, 2.45) is 0 Å². The molecule has 0 aliphatic rings. The molecule has 0 unspecified atom stereocenters. The summed E-state index contributed by atoms with van der Waals surface area (Å²) in [6.07, 6.45) is 1.56. The van der Waals surface area contributed by atoms with E-state index in [2.05, 4.69) is 27.8 Å². The van der Waals surface area contributed by atoms with E-state index in [-0.39, 0.29) is 5.22 Å². The monoisotopic (exact) mass is 213 g/mol. The molecule has 0 saturated carbocycles. The molecule has 0 spiro atoms. The molecule has 0 radical (unpaired) electrons. The highest BCUT2D eigenvalue weighted by Crippen LogP contribution is 2.18. The molecule has 0 saturated heterocycles. The first-order valence-corrected chi connectivity index (χ1v) is 4.22. The van der Waals surface area contributed by atoms with E-state index in [1.54, 1.807) is 18.3 Å². The zero-order chi connectivity index (χ0) is 9.26. The number of halogens is 1. The number of nitrogens with zero attached hydrogens (tertiary/aromatic N) is 3. The zero-order valence-electron chi connectivity index (χ0n) is 6.31. The Morgan fingerprint density at radius 1 is 1.31 bits per heavy atom. The molecule has 13 heavy (non-hydrogen) atoms. The fraction of sp³-hybridized carbons (Fsp3) is 0. The van der Waals surface area contributed by atoms with Crippen molar-refractivity contribution in [3.8, 4) is 11.5 Å². The van der Waals surface area contributed by atoms with Crippen molar-refractivity contribution in [1.29, 1.82) is 0 Å². The molecule has 0 aliphatic heterocycles. The summed E-state index contributed by atoms with van der Waals surface area (Å²) in [5.74, 6) is 0.383. The lowest BCUT2D eigenvalue weighted by molar-refractivity contribution is 0.468. The maximum absolute atomic E-state index is 5.61. The van der Waals surface area contributed by atoms with Crippen LogP contribution in [-0.2, 0) is 0 Å². The largest absolute Gasteiger partial charge is 0.411 e. The van der Waals surface area contributed by atoms with Crippen LogP contribution >= 0.6 is 24.2 Å². The van der Waals surface area contributed by atoms with Crippen LogP contribution < -0.4 is 0 Å². The van der Waals surface area contributed by atoms with Crippen LogP contribution in [0.5, 0.6) is 0 Å². The van der Waals surface area contributed by atoms with E-state index in [0.717, 1.165) is 5.56 Å². The molecule has 0 aromatic carbocycles. The minimum absolute atomic E-state index is 0.227. The zero-order valence-corrected chi connectivity index (χ0v) is 7.96. The van der Waals surface area contributed by atoms with Gasteiger partial charge in [0.2, 0.25) is 5.89 Å². The molecule has 0 aliphatic carbocycles. The van der Waals surface area contributed by atoms with Crippen molar-refractivity contribution >= 4 is 24.2 Å². The molecule has 2 aromatic rings. The summed E-state index contributed by atoms with van der Waals surface area (Å²) in [7, 11) is 0.